The zero-order chi connectivity index (χ0) is 15.9. The molecule has 23 heavy (non-hydrogen) atoms. The Morgan fingerprint density at radius 2 is 1.52 bits per heavy atom. The summed E-state index contributed by atoms with van der Waals surface area (Å²) in [6.07, 6.45) is 0. The highest BCUT2D eigenvalue weighted by molar-refractivity contribution is 5.86. The molecule has 0 aliphatic carbocycles. The van der Waals surface area contributed by atoms with E-state index < -0.39 is 0 Å². The van der Waals surface area contributed by atoms with E-state index in [0.29, 0.717) is 6.04 Å². The molecule has 0 heterocycles. The lowest BCUT2D eigenvalue weighted by atomic mass is 10.00. The van der Waals surface area contributed by atoms with Crippen LogP contribution in [0.4, 0.5) is 0 Å². The summed E-state index contributed by atoms with van der Waals surface area (Å²) in [5, 5.41) is 9.74. The zero-order valence-electron chi connectivity index (χ0n) is 13.6. The summed E-state index contributed by atoms with van der Waals surface area (Å²) in [5.41, 5.74) is 2.70. The zero-order valence-corrected chi connectivity index (χ0v) is 13.6. The molecule has 2 nitrogen and oxygen atoms in total. The van der Waals surface area contributed by atoms with Crippen LogP contribution in [-0.4, -0.2) is 13.1 Å². The molecule has 0 spiro atoms. The number of nitrogens with one attached hydrogen (secondary N) is 2. The number of hydrogen-bond acceptors (Lipinski definition) is 2. The Hall–Kier alpha value is -2.16. The van der Waals surface area contributed by atoms with Crippen molar-refractivity contribution in [2.45, 2.75) is 19.5 Å². The van der Waals surface area contributed by atoms with Crippen molar-refractivity contribution >= 4 is 10.8 Å². The third-order valence-electron chi connectivity index (χ3n) is 4.21. The van der Waals surface area contributed by atoms with Crippen LogP contribution in [0.15, 0.2) is 72.8 Å². The first kappa shape index (κ1) is 15.7. The van der Waals surface area contributed by atoms with Crippen molar-refractivity contribution in [3.63, 3.8) is 0 Å². The van der Waals surface area contributed by atoms with Crippen molar-refractivity contribution in [3.8, 4) is 0 Å². The fourth-order valence-corrected chi connectivity index (χ4v) is 2.94. The summed E-state index contributed by atoms with van der Waals surface area (Å²) in [7, 11) is 0. The van der Waals surface area contributed by atoms with E-state index in [1.165, 1.54) is 21.9 Å². The average molecular weight is 304 g/mol. The molecule has 0 saturated heterocycles. The number of hydrogen-bond donors (Lipinski definition) is 2. The van der Waals surface area contributed by atoms with E-state index in [1.807, 2.05) is 0 Å². The lowest BCUT2D eigenvalue weighted by Gasteiger charge is -2.17. The fourth-order valence-electron chi connectivity index (χ4n) is 2.94. The van der Waals surface area contributed by atoms with Crippen molar-refractivity contribution in [1.82, 2.24) is 10.6 Å². The van der Waals surface area contributed by atoms with Gasteiger partial charge in [-0.3, -0.25) is 0 Å². The summed E-state index contributed by atoms with van der Waals surface area (Å²) >= 11 is 0. The van der Waals surface area contributed by atoms with Gasteiger partial charge in [0, 0.05) is 25.7 Å². The molecule has 0 aliphatic rings. The van der Waals surface area contributed by atoms with Crippen molar-refractivity contribution < 1.29 is 0 Å². The molecule has 0 bridgehead atoms. The van der Waals surface area contributed by atoms with Crippen LogP contribution in [0.2, 0.25) is 0 Å². The first-order valence-electron chi connectivity index (χ1n) is 8.30. The van der Waals surface area contributed by atoms with Gasteiger partial charge in [-0.25, -0.2) is 0 Å². The Balaban J connectivity index is 1.50. The Morgan fingerprint density at radius 3 is 2.39 bits per heavy atom. The number of rotatable bonds is 7. The van der Waals surface area contributed by atoms with Crippen molar-refractivity contribution in [2.75, 3.05) is 13.1 Å². The van der Waals surface area contributed by atoms with Gasteiger partial charge in [0.05, 0.1) is 0 Å². The van der Waals surface area contributed by atoms with Gasteiger partial charge in [0.25, 0.3) is 0 Å². The van der Waals surface area contributed by atoms with Gasteiger partial charge < -0.3 is 10.6 Å². The molecular formula is C21H24N2. The first-order chi connectivity index (χ1) is 11.3. The first-order valence-corrected chi connectivity index (χ1v) is 8.30. The molecule has 0 fully saturated rings. The molecule has 0 aliphatic heterocycles. The van der Waals surface area contributed by atoms with Crippen LogP contribution < -0.4 is 10.6 Å². The topological polar surface area (TPSA) is 24.1 Å². The Morgan fingerprint density at radius 1 is 0.783 bits per heavy atom. The Labute approximate surface area is 138 Å². The summed E-state index contributed by atoms with van der Waals surface area (Å²) in [6, 6.07) is 26.0. The minimum absolute atomic E-state index is 0.347. The lowest BCUT2D eigenvalue weighted by molar-refractivity contribution is 0.548. The molecule has 2 N–H and O–H groups in total. The standard InChI is InChI=1S/C21H24N2/c1-17(20-13-7-11-19-10-5-6-12-21(19)20)23-15-14-22-16-18-8-3-2-4-9-18/h2-13,17,22-23H,14-16H2,1H3. The monoisotopic (exact) mass is 304 g/mol. The molecule has 0 radical (unpaired) electrons. The second-order valence-electron chi connectivity index (χ2n) is 5.91. The summed E-state index contributed by atoms with van der Waals surface area (Å²) in [5.74, 6) is 0. The average Bonchev–Trinajstić information content (AvgIpc) is 2.61. The Bertz CT molecular complexity index is 732. The highest BCUT2D eigenvalue weighted by Gasteiger charge is 2.07. The van der Waals surface area contributed by atoms with Crippen LogP contribution >= 0.6 is 0 Å². The molecule has 1 unspecified atom stereocenters. The molecule has 118 valence electrons. The van der Waals surface area contributed by atoms with Gasteiger partial charge in [0.2, 0.25) is 0 Å². The number of fused-ring (bicyclic) bond motifs is 1. The molecule has 3 rings (SSSR count). The maximum atomic E-state index is 3.61. The van der Waals surface area contributed by atoms with Gasteiger partial charge in [0.15, 0.2) is 0 Å². The normalized spacial score (nSPS) is 12.4. The molecule has 0 amide bonds. The maximum Gasteiger partial charge on any atom is 0.0298 e. The largest absolute Gasteiger partial charge is 0.311 e. The van der Waals surface area contributed by atoms with E-state index >= 15 is 0 Å². The smallest absolute Gasteiger partial charge is 0.0298 e. The van der Waals surface area contributed by atoms with Crippen LogP contribution in [0.5, 0.6) is 0 Å². The van der Waals surface area contributed by atoms with Gasteiger partial charge in [-0.15, -0.1) is 0 Å². The fraction of sp³-hybridized carbons (Fsp3) is 0.238. The SMILES string of the molecule is CC(NCCNCc1ccccc1)c1cccc2ccccc12. The lowest BCUT2D eigenvalue weighted by Crippen LogP contribution is -2.29. The minimum atomic E-state index is 0.347. The second kappa shape index (κ2) is 7.91. The highest BCUT2D eigenvalue weighted by atomic mass is 15.0. The van der Waals surface area contributed by atoms with Crippen LogP contribution in [0.25, 0.3) is 10.8 Å². The highest BCUT2D eigenvalue weighted by Crippen LogP contribution is 2.23. The van der Waals surface area contributed by atoms with Gasteiger partial charge >= 0.3 is 0 Å². The summed E-state index contributed by atoms with van der Waals surface area (Å²) in [6.45, 7) is 5.07. The van der Waals surface area contributed by atoms with Crippen LogP contribution in [0, 0.1) is 0 Å². The second-order valence-corrected chi connectivity index (χ2v) is 5.91. The van der Waals surface area contributed by atoms with E-state index in [0.717, 1.165) is 19.6 Å². The van der Waals surface area contributed by atoms with Crippen molar-refractivity contribution in [2.24, 2.45) is 0 Å². The van der Waals surface area contributed by atoms with Crippen LogP contribution in [0.1, 0.15) is 24.1 Å². The van der Waals surface area contributed by atoms with Gasteiger partial charge in [-0.1, -0.05) is 72.8 Å². The summed E-state index contributed by atoms with van der Waals surface area (Å²) < 4.78 is 0. The molecule has 2 heteroatoms. The van der Waals surface area contributed by atoms with Gasteiger partial charge in [-0.05, 0) is 28.8 Å². The van der Waals surface area contributed by atoms with E-state index in [2.05, 4.69) is 90.4 Å². The quantitative estimate of drug-likeness (QED) is 0.637. The van der Waals surface area contributed by atoms with E-state index in [9.17, 15) is 0 Å². The molecular weight excluding hydrogens is 280 g/mol. The third-order valence-corrected chi connectivity index (χ3v) is 4.21. The van der Waals surface area contributed by atoms with Crippen LogP contribution in [0.3, 0.4) is 0 Å². The van der Waals surface area contributed by atoms with E-state index in [4.69, 9.17) is 0 Å². The predicted molar refractivity (Wildman–Crippen MR) is 98.5 cm³/mol. The predicted octanol–water partition coefficient (Wildman–Crippen LogP) is 4.28. The van der Waals surface area contributed by atoms with Gasteiger partial charge in [-0.2, -0.15) is 0 Å². The van der Waals surface area contributed by atoms with E-state index in [-0.39, 0.29) is 0 Å². The number of benzene rings is 3. The molecule has 0 saturated carbocycles. The van der Waals surface area contributed by atoms with Crippen LogP contribution in [-0.2, 0) is 6.54 Å². The molecule has 1 atom stereocenters. The maximum absolute atomic E-state index is 3.61. The van der Waals surface area contributed by atoms with Gasteiger partial charge in [0.1, 0.15) is 0 Å². The minimum Gasteiger partial charge on any atom is -0.311 e. The molecule has 3 aromatic rings. The molecule has 3 aromatic carbocycles. The third kappa shape index (κ3) is 4.19. The Kier molecular flexibility index (Phi) is 5.41. The molecule has 0 aromatic heterocycles. The van der Waals surface area contributed by atoms with E-state index in [1.54, 1.807) is 0 Å². The summed E-state index contributed by atoms with van der Waals surface area (Å²) in [4.78, 5) is 0. The van der Waals surface area contributed by atoms with Crippen molar-refractivity contribution in [1.29, 1.82) is 0 Å². The van der Waals surface area contributed by atoms with Crippen molar-refractivity contribution in [3.05, 3.63) is 83.9 Å².